The number of nitriles is 1. The SMILES string of the molecule is Cc1nsc(NCCC2CCCO2)c1C#N. The molecular formula is C11H15N3OS. The highest BCUT2D eigenvalue weighted by Crippen LogP contribution is 2.23. The van der Waals surface area contributed by atoms with Crippen molar-refractivity contribution in [1.29, 1.82) is 5.26 Å². The Kier molecular flexibility index (Phi) is 3.75. The summed E-state index contributed by atoms with van der Waals surface area (Å²) in [6.45, 7) is 3.61. The van der Waals surface area contributed by atoms with Gasteiger partial charge in [0, 0.05) is 13.2 Å². The van der Waals surface area contributed by atoms with Gasteiger partial charge in [0.2, 0.25) is 0 Å². The van der Waals surface area contributed by atoms with Crippen LogP contribution >= 0.6 is 11.5 Å². The minimum absolute atomic E-state index is 0.395. The van der Waals surface area contributed by atoms with Crippen molar-refractivity contribution in [3.63, 3.8) is 0 Å². The molecule has 1 aliphatic heterocycles. The number of nitrogens with zero attached hydrogens (tertiary/aromatic N) is 2. The van der Waals surface area contributed by atoms with Crippen LogP contribution < -0.4 is 5.32 Å². The number of hydrogen-bond donors (Lipinski definition) is 1. The predicted molar refractivity (Wildman–Crippen MR) is 63.6 cm³/mol. The first-order valence-electron chi connectivity index (χ1n) is 5.53. The molecule has 1 fully saturated rings. The average molecular weight is 237 g/mol. The summed E-state index contributed by atoms with van der Waals surface area (Å²) >= 11 is 1.36. The van der Waals surface area contributed by atoms with Crippen LogP contribution in [0, 0.1) is 18.3 Å². The van der Waals surface area contributed by atoms with Crippen LogP contribution in [-0.2, 0) is 4.74 Å². The van der Waals surface area contributed by atoms with Gasteiger partial charge in [-0.15, -0.1) is 0 Å². The van der Waals surface area contributed by atoms with Crippen molar-refractivity contribution in [3.8, 4) is 6.07 Å². The van der Waals surface area contributed by atoms with Gasteiger partial charge in [-0.2, -0.15) is 9.64 Å². The maximum atomic E-state index is 8.95. The van der Waals surface area contributed by atoms with Gasteiger partial charge in [0.25, 0.3) is 0 Å². The van der Waals surface area contributed by atoms with Crippen molar-refractivity contribution < 1.29 is 4.74 Å². The van der Waals surface area contributed by atoms with Crippen molar-refractivity contribution in [1.82, 2.24) is 4.37 Å². The molecule has 1 aromatic heterocycles. The molecule has 4 nitrogen and oxygen atoms in total. The van der Waals surface area contributed by atoms with Crippen LogP contribution in [0.15, 0.2) is 0 Å². The quantitative estimate of drug-likeness (QED) is 0.873. The van der Waals surface area contributed by atoms with Gasteiger partial charge in [-0.1, -0.05) is 0 Å². The first kappa shape index (κ1) is 11.4. The number of aryl methyl sites for hydroxylation is 1. The Balaban J connectivity index is 1.82. The molecule has 1 N–H and O–H groups in total. The van der Waals surface area contributed by atoms with Gasteiger partial charge in [0.15, 0.2) is 0 Å². The van der Waals surface area contributed by atoms with E-state index in [4.69, 9.17) is 10.00 Å². The van der Waals surface area contributed by atoms with E-state index in [1.807, 2.05) is 6.92 Å². The molecule has 16 heavy (non-hydrogen) atoms. The summed E-state index contributed by atoms with van der Waals surface area (Å²) in [6.07, 6.45) is 3.73. The van der Waals surface area contributed by atoms with E-state index >= 15 is 0 Å². The molecule has 1 aliphatic rings. The summed E-state index contributed by atoms with van der Waals surface area (Å²) in [4.78, 5) is 0. The Morgan fingerprint density at radius 2 is 2.56 bits per heavy atom. The van der Waals surface area contributed by atoms with Crippen molar-refractivity contribution in [3.05, 3.63) is 11.3 Å². The van der Waals surface area contributed by atoms with Crippen LogP contribution in [0.1, 0.15) is 30.5 Å². The fourth-order valence-electron chi connectivity index (χ4n) is 1.84. The van der Waals surface area contributed by atoms with Crippen LogP contribution in [0.3, 0.4) is 0 Å². The number of ether oxygens (including phenoxy) is 1. The highest BCUT2D eigenvalue weighted by molar-refractivity contribution is 7.10. The summed E-state index contributed by atoms with van der Waals surface area (Å²) in [5.41, 5.74) is 1.49. The summed E-state index contributed by atoms with van der Waals surface area (Å²) in [6, 6.07) is 2.18. The maximum absolute atomic E-state index is 8.95. The average Bonchev–Trinajstić information content (AvgIpc) is 2.89. The Morgan fingerprint density at radius 1 is 1.69 bits per heavy atom. The van der Waals surface area contributed by atoms with Crippen molar-refractivity contribution >= 4 is 16.5 Å². The summed E-state index contributed by atoms with van der Waals surface area (Å²) < 4.78 is 9.70. The van der Waals surface area contributed by atoms with Gasteiger partial charge < -0.3 is 10.1 Å². The molecule has 1 atom stereocenters. The second-order valence-corrected chi connectivity index (χ2v) is 4.71. The Morgan fingerprint density at radius 3 is 3.25 bits per heavy atom. The molecule has 2 heterocycles. The van der Waals surface area contributed by atoms with E-state index in [0.717, 1.165) is 36.7 Å². The molecular weight excluding hydrogens is 222 g/mol. The number of rotatable bonds is 4. The zero-order chi connectivity index (χ0) is 11.4. The lowest BCUT2D eigenvalue weighted by Gasteiger charge is -2.09. The molecule has 0 amide bonds. The van der Waals surface area contributed by atoms with Crippen LogP contribution in [-0.4, -0.2) is 23.6 Å². The Hall–Kier alpha value is -1.12. The highest BCUT2D eigenvalue weighted by Gasteiger charge is 2.15. The van der Waals surface area contributed by atoms with Crippen molar-refractivity contribution in [2.45, 2.75) is 32.3 Å². The van der Waals surface area contributed by atoms with Gasteiger partial charge in [-0.3, -0.25) is 0 Å². The molecule has 1 unspecified atom stereocenters. The second-order valence-electron chi connectivity index (χ2n) is 3.93. The first-order chi connectivity index (χ1) is 7.81. The van der Waals surface area contributed by atoms with E-state index in [0.29, 0.717) is 11.7 Å². The van der Waals surface area contributed by atoms with Gasteiger partial charge in [0.1, 0.15) is 16.6 Å². The maximum Gasteiger partial charge on any atom is 0.127 e. The van der Waals surface area contributed by atoms with Gasteiger partial charge >= 0.3 is 0 Å². The molecule has 2 rings (SSSR count). The molecule has 86 valence electrons. The summed E-state index contributed by atoms with van der Waals surface area (Å²) in [7, 11) is 0. The van der Waals surface area contributed by atoms with E-state index in [2.05, 4.69) is 15.8 Å². The number of nitrogens with one attached hydrogen (secondary N) is 1. The van der Waals surface area contributed by atoms with Crippen molar-refractivity contribution in [2.24, 2.45) is 0 Å². The topological polar surface area (TPSA) is 57.9 Å². The van der Waals surface area contributed by atoms with Crippen LogP contribution in [0.2, 0.25) is 0 Å². The van der Waals surface area contributed by atoms with E-state index in [1.165, 1.54) is 18.0 Å². The normalized spacial score (nSPS) is 19.6. The lowest BCUT2D eigenvalue weighted by atomic mass is 10.2. The summed E-state index contributed by atoms with van der Waals surface area (Å²) in [5.74, 6) is 0. The monoisotopic (exact) mass is 237 g/mol. The lowest BCUT2D eigenvalue weighted by Crippen LogP contribution is -2.12. The standard InChI is InChI=1S/C11H15N3OS/c1-8-10(7-12)11(16-14-8)13-5-4-9-3-2-6-15-9/h9,13H,2-6H2,1H3. The van der Waals surface area contributed by atoms with Crippen LogP contribution in [0.25, 0.3) is 0 Å². The van der Waals surface area contributed by atoms with E-state index < -0.39 is 0 Å². The molecule has 0 aromatic carbocycles. The van der Waals surface area contributed by atoms with Crippen LogP contribution in [0.5, 0.6) is 0 Å². The predicted octanol–water partition coefficient (Wildman–Crippen LogP) is 2.30. The molecule has 1 aromatic rings. The van der Waals surface area contributed by atoms with Crippen LogP contribution in [0.4, 0.5) is 5.00 Å². The smallest absolute Gasteiger partial charge is 0.127 e. The third-order valence-electron chi connectivity index (χ3n) is 2.75. The molecule has 0 spiro atoms. The molecule has 0 radical (unpaired) electrons. The van der Waals surface area contributed by atoms with E-state index in [9.17, 15) is 0 Å². The molecule has 0 aliphatic carbocycles. The Bertz CT molecular complexity index is 390. The fourth-order valence-corrected chi connectivity index (χ4v) is 2.61. The van der Waals surface area contributed by atoms with E-state index in [1.54, 1.807) is 0 Å². The molecule has 1 saturated heterocycles. The third-order valence-corrected chi connectivity index (χ3v) is 3.65. The summed E-state index contributed by atoms with van der Waals surface area (Å²) in [5, 5.41) is 13.1. The minimum atomic E-state index is 0.395. The van der Waals surface area contributed by atoms with E-state index in [-0.39, 0.29) is 0 Å². The highest BCUT2D eigenvalue weighted by atomic mass is 32.1. The minimum Gasteiger partial charge on any atom is -0.378 e. The van der Waals surface area contributed by atoms with Crippen molar-refractivity contribution in [2.75, 3.05) is 18.5 Å². The van der Waals surface area contributed by atoms with Gasteiger partial charge in [0.05, 0.1) is 11.8 Å². The molecule has 5 heteroatoms. The number of anilines is 1. The Labute approximate surface area is 99.4 Å². The third kappa shape index (κ3) is 2.52. The fraction of sp³-hybridized carbons (Fsp3) is 0.636. The lowest BCUT2D eigenvalue weighted by molar-refractivity contribution is 0.107. The van der Waals surface area contributed by atoms with Gasteiger partial charge in [-0.25, -0.2) is 0 Å². The van der Waals surface area contributed by atoms with Gasteiger partial charge in [-0.05, 0) is 37.7 Å². The number of aromatic nitrogens is 1. The largest absolute Gasteiger partial charge is 0.378 e. The zero-order valence-corrected chi connectivity index (χ0v) is 10.1. The number of hydrogen-bond acceptors (Lipinski definition) is 5. The second kappa shape index (κ2) is 5.28. The first-order valence-corrected chi connectivity index (χ1v) is 6.30. The molecule has 0 saturated carbocycles. The molecule has 0 bridgehead atoms. The zero-order valence-electron chi connectivity index (χ0n) is 9.32.